The first-order valence-corrected chi connectivity index (χ1v) is 6.25. The van der Waals surface area contributed by atoms with E-state index in [1.165, 1.54) is 26.0 Å². The van der Waals surface area contributed by atoms with Crippen LogP contribution in [0.1, 0.15) is 34.8 Å². The zero-order valence-electron chi connectivity index (χ0n) is 11.6. The average molecular weight is 286 g/mol. The van der Waals surface area contributed by atoms with Gasteiger partial charge in [0.05, 0.1) is 0 Å². The van der Waals surface area contributed by atoms with E-state index in [1.807, 2.05) is 0 Å². The van der Waals surface area contributed by atoms with Gasteiger partial charge >= 0.3 is 0 Å². The molecular weight excluding hydrogens is 272 g/mol. The van der Waals surface area contributed by atoms with Gasteiger partial charge in [0.2, 0.25) is 5.91 Å². The Morgan fingerprint density at radius 3 is 2.43 bits per heavy atom. The summed E-state index contributed by atoms with van der Waals surface area (Å²) in [6.45, 7) is 2.79. The van der Waals surface area contributed by atoms with Crippen molar-refractivity contribution < 1.29 is 18.8 Å². The topological polar surface area (TPSA) is 88.4 Å². The Balaban J connectivity index is 2.10. The Labute approximate surface area is 121 Å². The van der Waals surface area contributed by atoms with Crippen molar-refractivity contribution in [3.8, 4) is 0 Å². The number of hydrogen-bond donors (Lipinski definition) is 2. The van der Waals surface area contributed by atoms with Crippen molar-refractivity contribution in [1.29, 1.82) is 0 Å². The van der Waals surface area contributed by atoms with Gasteiger partial charge in [-0.2, -0.15) is 0 Å². The number of amides is 2. The predicted octanol–water partition coefficient (Wildman–Crippen LogP) is 2.69. The van der Waals surface area contributed by atoms with Crippen molar-refractivity contribution >= 4 is 29.2 Å². The fraction of sp³-hybridized carbons (Fsp3) is 0.133. The van der Waals surface area contributed by atoms with Crippen molar-refractivity contribution in [2.24, 2.45) is 0 Å². The normalized spacial score (nSPS) is 10.0. The predicted molar refractivity (Wildman–Crippen MR) is 77.4 cm³/mol. The summed E-state index contributed by atoms with van der Waals surface area (Å²) in [5, 5.41) is 5.06. The van der Waals surface area contributed by atoms with Crippen molar-refractivity contribution in [1.82, 2.24) is 0 Å². The summed E-state index contributed by atoms with van der Waals surface area (Å²) in [6, 6.07) is 9.54. The van der Waals surface area contributed by atoms with Gasteiger partial charge in [0, 0.05) is 24.2 Å². The van der Waals surface area contributed by atoms with Crippen LogP contribution in [0.15, 0.2) is 40.8 Å². The first-order chi connectivity index (χ1) is 9.95. The molecule has 0 fully saturated rings. The summed E-state index contributed by atoms with van der Waals surface area (Å²) < 4.78 is 5.20. The van der Waals surface area contributed by atoms with Crippen molar-refractivity contribution in [2.75, 3.05) is 10.6 Å². The molecule has 2 aromatic rings. The number of ketones is 1. The minimum absolute atomic E-state index is 0.0620. The molecule has 0 atom stereocenters. The van der Waals surface area contributed by atoms with Gasteiger partial charge in [-0.1, -0.05) is 12.1 Å². The second-order valence-electron chi connectivity index (χ2n) is 4.44. The molecule has 0 aliphatic heterocycles. The van der Waals surface area contributed by atoms with Crippen molar-refractivity contribution in [3.63, 3.8) is 0 Å². The molecule has 108 valence electrons. The molecule has 1 aromatic heterocycles. The maximum absolute atomic E-state index is 12.0. The van der Waals surface area contributed by atoms with Crippen LogP contribution in [0.4, 0.5) is 11.6 Å². The molecule has 2 N–H and O–H groups in total. The van der Waals surface area contributed by atoms with Crippen molar-refractivity contribution in [2.45, 2.75) is 13.8 Å². The molecule has 0 aliphatic rings. The van der Waals surface area contributed by atoms with E-state index in [-0.39, 0.29) is 23.3 Å². The van der Waals surface area contributed by atoms with Gasteiger partial charge in [-0.3, -0.25) is 19.7 Å². The summed E-state index contributed by atoms with van der Waals surface area (Å²) in [7, 11) is 0. The minimum Gasteiger partial charge on any atom is -0.435 e. The molecule has 0 spiro atoms. The Morgan fingerprint density at radius 2 is 1.76 bits per heavy atom. The van der Waals surface area contributed by atoms with Crippen LogP contribution in [0.3, 0.4) is 0 Å². The van der Waals surface area contributed by atoms with Crippen LogP contribution in [0.25, 0.3) is 0 Å². The lowest BCUT2D eigenvalue weighted by Crippen LogP contribution is -2.11. The minimum atomic E-state index is -0.465. The Bertz CT molecular complexity index is 703. The van der Waals surface area contributed by atoms with E-state index in [2.05, 4.69) is 10.6 Å². The van der Waals surface area contributed by atoms with Crippen LogP contribution in [0.5, 0.6) is 0 Å². The number of rotatable bonds is 4. The van der Waals surface area contributed by atoms with E-state index in [0.29, 0.717) is 11.3 Å². The van der Waals surface area contributed by atoms with Crippen LogP contribution < -0.4 is 10.6 Å². The molecule has 2 rings (SSSR count). The summed E-state index contributed by atoms with van der Waals surface area (Å²) in [5.74, 6) is -0.577. The highest BCUT2D eigenvalue weighted by atomic mass is 16.4. The van der Waals surface area contributed by atoms with Crippen molar-refractivity contribution in [3.05, 3.63) is 47.7 Å². The second kappa shape index (κ2) is 6.04. The molecule has 6 nitrogen and oxygen atoms in total. The smallest absolute Gasteiger partial charge is 0.291 e. The second-order valence-corrected chi connectivity index (χ2v) is 4.44. The van der Waals surface area contributed by atoms with Crippen LogP contribution >= 0.6 is 0 Å². The maximum Gasteiger partial charge on any atom is 0.291 e. The highest BCUT2D eigenvalue weighted by Crippen LogP contribution is 2.16. The molecule has 0 saturated heterocycles. The average Bonchev–Trinajstić information content (AvgIpc) is 2.86. The van der Waals surface area contributed by atoms with E-state index >= 15 is 0 Å². The highest BCUT2D eigenvalue weighted by Gasteiger charge is 2.12. The van der Waals surface area contributed by atoms with E-state index < -0.39 is 5.91 Å². The van der Waals surface area contributed by atoms with E-state index in [0.717, 1.165) is 0 Å². The van der Waals surface area contributed by atoms with E-state index in [4.69, 9.17) is 4.42 Å². The Hall–Kier alpha value is -2.89. The summed E-state index contributed by atoms with van der Waals surface area (Å²) >= 11 is 0. The standard InChI is InChI=1S/C15H14N2O4/c1-9(18)11-4-3-5-12(8-11)17-15(20)13-6-7-14(21-13)16-10(2)19/h3-8H,1-2H3,(H,16,19)(H,17,20). The number of Topliss-reactive ketones (excluding diaryl/α,β-unsaturated/α-hetero) is 1. The lowest BCUT2D eigenvalue weighted by atomic mass is 10.1. The van der Waals surface area contributed by atoms with Crippen LogP contribution in [0, 0.1) is 0 Å². The Kier molecular flexibility index (Phi) is 4.18. The fourth-order valence-electron chi connectivity index (χ4n) is 1.71. The van der Waals surface area contributed by atoms with Crippen LogP contribution in [0.2, 0.25) is 0 Å². The molecule has 0 aliphatic carbocycles. The lowest BCUT2D eigenvalue weighted by Gasteiger charge is -2.04. The number of benzene rings is 1. The molecule has 1 aromatic carbocycles. The molecule has 0 radical (unpaired) electrons. The molecule has 6 heteroatoms. The number of anilines is 2. The molecule has 1 heterocycles. The van der Waals surface area contributed by atoms with E-state index in [9.17, 15) is 14.4 Å². The quantitative estimate of drug-likeness (QED) is 0.846. The van der Waals surface area contributed by atoms with Gasteiger partial charge in [0.1, 0.15) is 0 Å². The van der Waals surface area contributed by atoms with Crippen LogP contribution in [-0.2, 0) is 4.79 Å². The first-order valence-electron chi connectivity index (χ1n) is 6.25. The lowest BCUT2D eigenvalue weighted by molar-refractivity contribution is -0.114. The monoisotopic (exact) mass is 286 g/mol. The number of carbonyl (C=O) groups excluding carboxylic acids is 3. The zero-order valence-corrected chi connectivity index (χ0v) is 11.6. The number of nitrogens with one attached hydrogen (secondary N) is 2. The number of furan rings is 1. The van der Waals surface area contributed by atoms with Gasteiger partial charge in [0.25, 0.3) is 5.91 Å². The van der Waals surface area contributed by atoms with Gasteiger partial charge in [-0.15, -0.1) is 0 Å². The zero-order chi connectivity index (χ0) is 15.4. The number of carbonyl (C=O) groups is 3. The van der Waals surface area contributed by atoms with Crippen LogP contribution in [-0.4, -0.2) is 17.6 Å². The fourth-order valence-corrected chi connectivity index (χ4v) is 1.71. The number of hydrogen-bond acceptors (Lipinski definition) is 4. The highest BCUT2D eigenvalue weighted by molar-refractivity contribution is 6.03. The summed E-state index contributed by atoms with van der Waals surface area (Å²) in [6.07, 6.45) is 0. The third kappa shape index (κ3) is 3.79. The van der Waals surface area contributed by atoms with Gasteiger partial charge in [-0.05, 0) is 25.1 Å². The molecule has 0 saturated carbocycles. The molecule has 2 amide bonds. The van der Waals surface area contributed by atoms with E-state index in [1.54, 1.807) is 24.3 Å². The molecular formula is C15H14N2O4. The summed E-state index contributed by atoms with van der Waals surface area (Å²) in [4.78, 5) is 34.2. The van der Waals surface area contributed by atoms with Gasteiger partial charge < -0.3 is 9.73 Å². The molecule has 0 unspecified atom stereocenters. The Morgan fingerprint density at radius 1 is 1.00 bits per heavy atom. The first kappa shape index (κ1) is 14.5. The van der Waals surface area contributed by atoms with Gasteiger partial charge in [-0.25, -0.2) is 0 Å². The summed E-state index contributed by atoms with van der Waals surface area (Å²) in [5.41, 5.74) is 0.997. The molecule has 0 bridgehead atoms. The van der Waals surface area contributed by atoms with Gasteiger partial charge in [0.15, 0.2) is 17.4 Å². The third-order valence-corrected chi connectivity index (χ3v) is 2.66. The maximum atomic E-state index is 12.0. The largest absolute Gasteiger partial charge is 0.435 e. The third-order valence-electron chi connectivity index (χ3n) is 2.66. The molecule has 21 heavy (non-hydrogen) atoms. The SMILES string of the molecule is CC(=O)Nc1ccc(C(=O)Nc2cccc(C(C)=O)c2)o1.